The van der Waals surface area contributed by atoms with Gasteiger partial charge in [-0.2, -0.15) is 0 Å². The maximum Gasteiger partial charge on any atom is 0.271 e. The molecule has 0 atom stereocenters. The van der Waals surface area contributed by atoms with E-state index >= 15 is 0 Å². The number of primary amides is 1. The van der Waals surface area contributed by atoms with Gasteiger partial charge in [0.2, 0.25) is 0 Å². The predicted molar refractivity (Wildman–Crippen MR) is 67.1 cm³/mol. The fourth-order valence-corrected chi connectivity index (χ4v) is 1.71. The lowest BCUT2D eigenvalue weighted by Gasteiger charge is -2.09. The van der Waals surface area contributed by atoms with Crippen LogP contribution in [0.1, 0.15) is 10.4 Å². The number of pyridine rings is 1. The van der Waals surface area contributed by atoms with Gasteiger partial charge in [0.1, 0.15) is 11.3 Å². The van der Waals surface area contributed by atoms with Gasteiger partial charge in [0.15, 0.2) is 0 Å². The minimum absolute atomic E-state index is 0.149. The van der Waals surface area contributed by atoms with Crippen LogP contribution in [0.25, 0.3) is 5.69 Å². The van der Waals surface area contributed by atoms with Gasteiger partial charge >= 0.3 is 0 Å². The molecule has 1 amide bonds. The van der Waals surface area contributed by atoms with Crippen molar-refractivity contribution in [2.75, 3.05) is 7.11 Å². The molecule has 0 saturated heterocycles. The molecule has 2 rings (SSSR count). The highest BCUT2D eigenvalue weighted by molar-refractivity contribution is 5.95. The summed E-state index contributed by atoms with van der Waals surface area (Å²) in [6.45, 7) is 0. The Balaban J connectivity index is 2.70. The van der Waals surface area contributed by atoms with Crippen LogP contribution < -0.4 is 16.0 Å². The van der Waals surface area contributed by atoms with Gasteiger partial charge in [-0.05, 0) is 18.2 Å². The summed E-state index contributed by atoms with van der Waals surface area (Å²) in [5.41, 5.74) is 5.22. The lowest BCUT2D eigenvalue weighted by Crippen LogP contribution is -2.29. The fourth-order valence-electron chi connectivity index (χ4n) is 1.71. The Morgan fingerprint density at radius 1 is 1.22 bits per heavy atom. The first-order chi connectivity index (χ1) is 8.65. The molecule has 0 aliphatic heterocycles. The number of hydrogen-bond acceptors (Lipinski definition) is 3. The van der Waals surface area contributed by atoms with E-state index in [0.717, 1.165) is 0 Å². The molecule has 0 saturated carbocycles. The first-order valence-electron chi connectivity index (χ1n) is 5.30. The van der Waals surface area contributed by atoms with Crippen molar-refractivity contribution in [2.45, 2.75) is 0 Å². The Bertz CT molecular complexity index is 632. The van der Waals surface area contributed by atoms with Gasteiger partial charge in [-0.25, -0.2) is 0 Å². The van der Waals surface area contributed by atoms with Gasteiger partial charge in [-0.15, -0.1) is 0 Å². The molecule has 1 aromatic heterocycles. The Labute approximate surface area is 103 Å². The molecule has 0 radical (unpaired) electrons. The van der Waals surface area contributed by atoms with Crippen LogP contribution in [0, 0.1) is 0 Å². The Morgan fingerprint density at radius 2 is 1.89 bits per heavy atom. The van der Waals surface area contributed by atoms with E-state index in [0.29, 0.717) is 5.69 Å². The summed E-state index contributed by atoms with van der Waals surface area (Å²) in [4.78, 5) is 23.5. The summed E-state index contributed by atoms with van der Waals surface area (Å²) in [7, 11) is 1.38. The minimum Gasteiger partial charge on any atom is -0.496 e. The zero-order valence-electron chi connectivity index (χ0n) is 9.79. The minimum atomic E-state index is -0.804. The number of para-hydroxylation sites is 1. The third kappa shape index (κ3) is 1.98. The van der Waals surface area contributed by atoms with Gasteiger partial charge in [0.05, 0.1) is 7.11 Å². The van der Waals surface area contributed by atoms with E-state index in [2.05, 4.69) is 0 Å². The van der Waals surface area contributed by atoms with Gasteiger partial charge in [-0.1, -0.05) is 18.2 Å². The molecule has 0 bridgehead atoms. The number of hydrogen-bond donors (Lipinski definition) is 1. The van der Waals surface area contributed by atoms with Crippen molar-refractivity contribution in [3.63, 3.8) is 0 Å². The van der Waals surface area contributed by atoms with Gasteiger partial charge in [0.25, 0.3) is 11.5 Å². The second-order valence-corrected chi connectivity index (χ2v) is 3.63. The topological polar surface area (TPSA) is 74.3 Å². The van der Waals surface area contributed by atoms with Gasteiger partial charge < -0.3 is 10.5 Å². The van der Waals surface area contributed by atoms with E-state index in [1.165, 1.54) is 17.7 Å². The third-order valence-electron chi connectivity index (χ3n) is 2.55. The van der Waals surface area contributed by atoms with Crippen molar-refractivity contribution in [1.29, 1.82) is 0 Å². The number of carbonyl (C=O) groups is 1. The van der Waals surface area contributed by atoms with Crippen LogP contribution in [0.15, 0.2) is 47.4 Å². The fraction of sp³-hybridized carbons (Fsp3) is 0.0769. The lowest BCUT2D eigenvalue weighted by molar-refractivity contribution is 0.0995. The van der Waals surface area contributed by atoms with Crippen molar-refractivity contribution in [3.05, 3.63) is 58.5 Å². The number of amides is 1. The summed E-state index contributed by atoms with van der Waals surface area (Å²) in [5.74, 6) is -0.623. The Kier molecular flexibility index (Phi) is 3.14. The average Bonchev–Trinajstić information content (AvgIpc) is 2.38. The molecule has 0 fully saturated rings. The van der Waals surface area contributed by atoms with E-state index in [4.69, 9.17) is 10.5 Å². The number of methoxy groups -OCH3 is 1. The number of benzene rings is 1. The molecule has 0 aliphatic rings. The lowest BCUT2D eigenvalue weighted by atomic mass is 10.2. The van der Waals surface area contributed by atoms with E-state index < -0.39 is 11.5 Å². The summed E-state index contributed by atoms with van der Waals surface area (Å²) in [6, 6.07) is 10.5. The van der Waals surface area contributed by atoms with Crippen LogP contribution in [-0.2, 0) is 0 Å². The van der Waals surface area contributed by atoms with E-state index in [1.807, 2.05) is 6.07 Å². The molecule has 0 aliphatic carbocycles. The van der Waals surface area contributed by atoms with Crippen LogP contribution in [-0.4, -0.2) is 17.6 Å². The second kappa shape index (κ2) is 4.75. The third-order valence-corrected chi connectivity index (χ3v) is 2.55. The second-order valence-electron chi connectivity index (χ2n) is 3.63. The van der Waals surface area contributed by atoms with Crippen LogP contribution in [0.5, 0.6) is 5.75 Å². The molecular weight excluding hydrogens is 232 g/mol. The molecule has 0 unspecified atom stereocenters. The maximum atomic E-state index is 12.2. The molecule has 1 aromatic carbocycles. The summed E-state index contributed by atoms with van der Waals surface area (Å²) in [5, 5.41) is 0. The number of ether oxygens (including phenoxy) is 1. The molecule has 92 valence electrons. The van der Waals surface area contributed by atoms with Crippen molar-refractivity contribution in [3.8, 4) is 11.4 Å². The zero-order valence-corrected chi connectivity index (χ0v) is 9.79. The highest BCUT2D eigenvalue weighted by Crippen LogP contribution is 2.14. The van der Waals surface area contributed by atoms with Crippen molar-refractivity contribution < 1.29 is 9.53 Å². The highest BCUT2D eigenvalue weighted by Gasteiger charge is 2.16. The smallest absolute Gasteiger partial charge is 0.271 e. The summed E-state index contributed by atoms with van der Waals surface area (Å²) in [6.07, 6.45) is 1.54. The molecule has 1 heterocycles. The number of rotatable bonds is 3. The SMILES string of the molecule is COc1ccn(-c2ccccc2)c(=O)c1C(N)=O. The van der Waals surface area contributed by atoms with Crippen LogP contribution in [0.3, 0.4) is 0 Å². The van der Waals surface area contributed by atoms with Crippen LogP contribution >= 0.6 is 0 Å². The van der Waals surface area contributed by atoms with E-state index in [9.17, 15) is 9.59 Å². The van der Waals surface area contributed by atoms with Crippen molar-refractivity contribution in [2.24, 2.45) is 5.73 Å². The largest absolute Gasteiger partial charge is 0.496 e. The van der Waals surface area contributed by atoms with Crippen molar-refractivity contribution in [1.82, 2.24) is 4.57 Å². The van der Waals surface area contributed by atoms with Crippen LogP contribution in [0.2, 0.25) is 0 Å². The average molecular weight is 244 g/mol. The molecule has 18 heavy (non-hydrogen) atoms. The predicted octanol–water partition coefficient (Wildman–Crippen LogP) is 0.945. The molecule has 2 N–H and O–H groups in total. The molecule has 5 nitrogen and oxygen atoms in total. The number of nitrogens with two attached hydrogens (primary N) is 1. The molecule has 5 heteroatoms. The quantitative estimate of drug-likeness (QED) is 0.873. The first kappa shape index (κ1) is 11.9. The van der Waals surface area contributed by atoms with Gasteiger partial charge in [-0.3, -0.25) is 14.2 Å². The maximum absolute atomic E-state index is 12.2. The molecular formula is C13H12N2O3. The highest BCUT2D eigenvalue weighted by atomic mass is 16.5. The normalized spacial score (nSPS) is 10.1. The monoisotopic (exact) mass is 244 g/mol. The Hall–Kier alpha value is -2.56. The number of carbonyl (C=O) groups excluding carboxylic acids is 1. The molecule has 0 spiro atoms. The molecule has 2 aromatic rings. The van der Waals surface area contributed by atoms with Crippen LogP contribution in [0.4, 0.5) is 0 Å². The zero-order chi connectivity index (χ0) is 13.1. The van der Waals surface area contributed by atoms with E-state index in [-0.39, 0.29) is 11.3 Å². The van der Waals surface area contributed by atoms with E-state index in [1.54, 1.807) is 30.5 Å². The summed E-state index contributed by atoms with van der Waals surface area (Å²) >= 11 is 0. The van der Waals surface area contributed by atoms with Gasteiger partial charge in [0, 0.05) is 11.9 Å². The Morgan fingerprint density at radius 3 is 2.44 bits per heavy atom. The standard InChI is InChI=1S/C13H12N2O3/c1-18-10-7-8-15(9-5-3-2-4-6-9)13(17)11(10)12(14)16/h2-8H,1H3,(H2,14,16). The first-order valence-corrected chi connectivity index (χ1v) is 5.30. The number of aromatic nitrogens is 1. The van der Waals surface area contributed by atoms with Crippen molar-refractivity contribution >= 4 is 5.91 Å². The number of nitrogens with zero attached hydrogens (tertiary/aromatic N) is 1. The summed E-state index contributed by atoms with van der Waals surface area (Å²) < 4.78 is 6.31.